The third-order valence-corrected chi connectivity index (χ3v) is 6.41. The summed E-state index contributed by atoms with van der Waals surface area (Å²) in [5, 5.41) is 13.1. The largest absolute Gasteiger partial charge is 0.502 e. The molecule has 1 fully saturated rings. The van der Waals surface area contributed by atoms with Gasteiger partial charge in [-0.2, -0.15) is 0 Å². The molecular formula is C29H33N5O4. The molecule has 1 unspecified atom stereocenters. The van der Waals surface area contributed by atoms with Crippen LogP contribution in [0.1, 0.15) is 40.3 Å². The number of hydrogen-bond acceptors (Lipinski definition) is 7. The van der Waals surface area contributed by atoms with Crippen LogP contribution < -0.4 is 16.6 Å². The minimum absolute atomic E-state index is 0.193. The van der Waals surface area contributed by atoms with Crippen LogP contribution in [0.4, 0.5) is 0 Å². The molecule has 0 aliphatic carbocycles. The second-order valence-electron chi connectivity index (χ2n) is 9.24. The topological polar surface area (TPSA) is 134 Å². The van der Waals surface area contributed by atoms with Crippen LogP contribution in [0.2, 0.25) is 0 Å². The van der Waals surface area contributed by atoms with Gasteiger partial charge in [0.15, 0.2) is 0 Å². The fraction of sp³-hybridized carbons (Fsp3) is 0.345. The van der Waals surface area contributed by atoms with Crippen molar-refractivity contribution >= 4 is 5.91 Å². The Kier molecular flexibility index (Phi) is 9.65. The number of morpholine rings is 1. The van der Waals surface area contributed by atoms with Gasteiger partial charge in [0.25, 0.3) is 5.56 Å². The van der Waals surface area contributed by atoms with Crippen molar-refractivity contribution in [3.8, 4) is 17.6 Å². The van der Waals surface area contributed by atoms with Gasteiger partial charge in [0.05, 0.1) is 25.2 Å². The smallest absolute Gasteiger partial charge is 0.293 e. The molecule has 0 bridgehead atoms. The van der Waals surface area contributed by atoms with Crippen molar-refractivity contribution in [1.82, 2.24) is 20.2 Å². The number of carbonyl (C=O) groups is 1. The number of rotatable bonds is 9. The van der Waals surface area contributed by atoms with Crippen molar-refractivity contribution in [3.05, 3.63) is 93.2 Å². The number of amides is 1. The molecule has 1 saturated heterocycles. The predicted molar refractivity (Wildman–Crippen MR) is 145 cm³/mol. The highest BCUT2D eigenvalue weighted by atomic mass is 16.5. The molecule has 5 N–H and O–H groups in total. The molecule has 9 nitrogen and oxygen atoms in total. The molecule has 2 heterocycles. The molecule has 0 radical (unpaired) electrons. The Hall–Kier alpha value is -3.97. The second kappa shape index (κ2) is 13.5. The van der Waals surface area contributed by atoms with Gasteiger partial charge in [-0.25, -0.2) is 4.98 Å². The van der Waals surface area contributed by atoms with Gasteiger partial charge in [0.1, 0.15) is 0 Å². The number of ether oxygens (including phenoxy) is 1. The van der Waals surface area contributed by atoms with Crippen LogP contribution >= 0.6 is 0 Å². The normalized spacial score (nSPS) is 14.3. The average Bonchev–Trinajstić information content (AvgIpc) is 2.94. The molecule has 1 aromatic heterocycles. The van der Waals surface area contributed by atoms with Gasteiger partial charge in [-0.05, 0) is 41.8 Å². The van der Waals surface area contributed by atoms with Gasteiger partial charge in [-0.1, -0.05) is 36.1 Å². The molecule has 9 heteroatoms. The molecule has 1 amide bonds. The molecule has 1 aliphatic heterocycles. The first-order valence-corrected chi connectivity index (χ1v) is 12.7. The SMILES string of the molecule is NCCC(=O)NCC(Cc1ccc(C#Cc2ccc(CN3CCOCC3)cc2)cc1)c1nc[nH]c(=O)c1O. The minimum Gasteiger partial charge on any atom is -0.502 e. The van der Waals surface area contributed by atoms with E-state index in [9.17, 15) is 14.7 Å². The van der Waals surface area contributed by atoms with E-state index >= 15 is 0 Å². The summed E-state index contributed by atoms with van der Waals surface area (Å²) in [6.07, 6.45) is 1.91. The number of aromatic hydroxyl groups is 1. The predicted octanol–water partition coefficient (Wildman–Crippen LogP) is 1.50. The van der Waals surface area contributed by atoms with Crippen molar-refractivity contribution in [2.75, 3.05) is 39.4 Å². The van der Waals surface area contributed by atoms with Crippen LogP contribution in [-0.4, -0.2) is 65.3 Å². The van der Waals surface area contributed by atoms with Crippen molar-refractivity contribution < 1.29 is 14.6 Å². The molecule has 4 rings (SSSR count). The highest BCUT2D eigenvalue weighted by Crippen LogP contribution is 2.24. The van der Waals surface area contributed by atoms with E-state index in [4.69, 9.17) is 10.5 Å². The van der Waals surface area contributed by atoms with Crippen molar-refractivity contribution in [3.63, 3.8) is 0 Å². The number of aromatic amines is 1. The van der Waals surface area contributed by atoms with Gasteiger partial charge >= 0.3 is 0 Å². The number of nitrogens with two attached hydrogens (primary N) is 1. The number of aromatic nitrogens is 2. The maximum Gasteiger partial charge on any atom is 0.293 e. The Morgan fingerprint density at radius 3 is 2.34 bits per heavy atom. The van der Waals surface area contributed by atoms with Gasteiger partial charge in [0.2, 0.25) is 11.7 Å². The second-order valence-corrected chi connectivity index (χ2v) is 9.24. The Morgan fingerprint density at radius 1 is 1.08 bits per heavy atom. The molecule has 1 atom stereocenters. The molecule has 0 spiro atoms. The van der Waals surface area contributed by atoms with E-state index in [-0.39, 0.29) is 31.1 Å². The van der Waals surface area contributed by atoms with Crippen molar-refractivity contribution in [2.24, 2.45) is 5.73 Å². The number of carbonyl (C=O) groups excluding carboxylic acids is 1. The van der Waals surface area contributed by atoms with Gasteiger partial charge in [0, 0.05) is 56.2 Å². The lowest BCUT2D eigenvalue weighted by Gasteiger charge is -2.26. The van der Waals surface area contributed by atoms with Gasteiger partial charge in [-0.3, -0.25) is 14.5 Å². The van der Waals surface area contributed by atoms with E-state index in [1.165, 1.54) is 11.9 Å². The lowest BCUT2D eigenvalue weighted by Crippen LogP contribution is -2.35. The van der Waals surface area contributed by atoms with Crippen molar-refractivity contribution in [2.45, 2.75) is 25.3 Å². The van der Waals surface area contributed by atoms with Crippen LogP contribution in [-0.2, 0) is 22.5 Å². The number of hydrogen-bond donors (Lipinski definition) is 4. The maximum absolute atomic E-state index is 12.0. The van der Waals surface area contributed by atoms with Crippen LogP contribution in [0.25, 0.3) is 0 Å². The molecule has 38 heavy (non-hydrogen) atoms. The Balaban J connectivity index is 1.40. The fourth-order valence-electron chi connectivity index (χ4n) is 4.29. The lowest BCUT2D eigenvalue weighted by molar-refractivity contribution is -0.120. The van der Waals surface area contributed by atoms with Crippen LogP contribution in [0.15, 0.2) is 59.7 Å². The number of H-pyrrole nitrogens is 1. The fourth-order valence-corrected chi connectivity index (χ4v) is 4.29. The van der Waals surface area contributed by atoms with Crippen molar-refractivity contribution in [1.29, 1.82) is 0 Å². The van der Waals surface area contributed by atoms with E-state index in [2.05, 4.69) is 44.2 Å². The number of nitrogens with zero attached hydrogens (tertiary/aromatic N) is 2. The van der Waals surface area contributed by atoms with E-state index in [0.717, 1.165) is 49.5 Å². The molecular weight excluding hydrogens is 482 g/mol. The molecule has 198 valence electrons. The summed E-state index contributed by atoms with van der Waals surface area (Å²) in [6.45, 7) is 4.88. The highest BCUT2D eigenvalue weighted by Gasteiger charge is 2.20. The zero-order chi connectivity index (χ0) is 26.7. The summed E-state index contributed by atoms with van der Waals surface area (Å²) in [7, 11) is 0. The average molecular weight is 516 g/mol. The van der Waals surface area contributed by atoms with Crippen LogP contribution in [0.5, 0.6) is 5.75 Å². The first-order chi connectivity index (χ1) is 18.5. The van der Waals surface area contributed by atoms with Gasteiger partial charge in [-0.15, -0.1) is 0 Å². The number of benzene rings is 2. The molecule has 0 saturated carbocycles. The van der Waals surface area contributed by atoms with E-state index in [1.54, 1.807) is 0 Å². The third kappa shape index (κ3) is 7.76. The monoisotopic (exact) mass is 515 g/mol. The minimum atomic E-state index is -0.618. The van der Waals surface area contributed by atoms with Gasteiger partial charge < -0.3 is 25.9 Å². The Bertz CT molecular complexity index is 1320. The summed E-state index contributed by atoms with van der Waals surface area (Å²) in [4.78, 5) is 32.8. The molecule has 1 aliphatic rings. The summed E-state index contributed by atoms with van der Waals surface area (Å²) in [6, 6.07) is 16.1. The van der Waals surface area contributed by atoms with Crippen LogP contribution in [0.3, 0.4) is 0 Å². The summed E-state index contributed by atoms with van der Waals surface area (Å²) >= 11 is 0. The Morgan fingerprint density at radius 2 is 1.71 bits per heavy atom. The standard InChI is InChI=1S/C29H33N5O4/c30-12-11-26(35)31-18-25(27-28(36)29(37)33-20-32-27)17-23-7-3-21(4-8-23)1-2-22-5-9-24(10-6-22)19-34-13-15-38-16-14-34/h3-10,20,25,36H,11-19,30H2,(H,31,35)(H,32,33,37). The summed E-state index contributed by atoms with van der Waals surface area (Å²) in [5.74, 6) is 5.38. The van der Waals surface area contributed by atoms with E-state index in [1.807, 2.05) is 36.4 Å². The summed E-state index contributed by atoms with van der Waals surface area (Å²) in [5.41, 5.74) is 9.12. The third-order valence-electron chi connectivity index (χ3n) is 6.41. The maximum atomic E-state index is 12.0. The van der Waals surface area contributed by atoms with E-state index in [0.29, 0.717) is 6.42 Å². The first-order valence-electron chi connectivity index (χ1n) is 12.7. The van der Waals surface area contributed by atoms with E-state index < -0.39 is 17.2 Å². The quantitative estimate of drug-likeness (QED) is 0.317. The summed E-state index contributed by atoms with van der Waals surface area (Å²) < 4.78 is 5.41. The number of nitrogens with one attached hydrogen (secondary N) is 2. The zero-order valence-electron chi connectivity index (χ0n) is 21.3. The molecule has 2 aromatic carbocycles. The molecule has 3 aromatic rings. The van der Waals surface area contributed by atoms with Crippen LogP contribution in [0, 0.1) is 11.8 Å². The first kappa shape index (κ1) is 27.1. The lowest BCUT2D eigenvalue weighted by atomic mass is 9.94. The zero-order valence-corrected chi connectivity index (χ0v) is 21.3. The Labute approximate surface area is 222 Å². The highest BCUT2D eigenvalue weighted by molar-refractivity contribution is 5.76.